The van der Waals surface area contributed by atoms with Crippen LogP contribution in [0.2, 0.25) is 0 Å². The number of urea groups is 1. The third-order valence-corrected chi connectivity index (χ3v) is 6.66. The maximum Gasteiger partial charge on any atom is 0.328 e. The molecule has 1 atom stereocenters. The molecule has 4 rings (SSSR count). The number of nitrogens with one attached hydrogen (secondary N) is 3. The lowest BCUT2D eigenvalue weighted by Crippen LogP contribution is -2.51. The first kappa shape index (κ1) is 25.3. The molecule has 1 heterocycles. The molecule has 1 aromatic heterocycles. The molecule has 1 aliphatic rings. The lowest BCUT2D eigenvalue weighted by Gasteiger charge is -2.30. The van der Waals surface area contributed by atoms with Crippen LogP contribution in [0.3, 0.4) is 0 Å². The van der Waals surface area contributed by atoms with Gasteiger partial charge in [0.15, 0.2) is 0 Å². The van der Waals surface area contributed by atoms with E-state index in [9.17, 15) is 9.59 Å². The second kappa shape index (κ2) is 11.7. The SMILES string of the molecule is COC(=O)C(Cc1ccccc1)NC(=O)N[C@H]1CC[C@@H](Nc2cc(N(C)C)c3ccccc3n2)CC1. The van der Waals surface area contributed by atoms with Gasteiger partial charge in [0.1, 0.15) is 11.9 Å². The lowest BCUT2D eigenvalue weighted by molar-refractivity contribution is -0.142. The van der Waals surface area contributed by atoms with Crippen LogP contribution in [0.15, 0.2) is 60.7 Å². The number of esters is 1. The zero-order valence-corrected chi connectivity index (χ0v) is 21.2. The molecule has 0 spiro atoms. The zero-order chi connectivity index (χ0) is 25.5. The summed E-state index contributed by atoms with van der Waals surface area (Å²) in [7, 11) is 5.41. The van der Waals surface area contributed by atoms with Gasteiger partial charge in [-0.05, 0) is 37.3 Å². The van der Waals surface area contributed by atoms with Gasteiger partial charge < -0.3 is 25.6 Å². The second-order valence-corrected chi connectivity index (χ2v) is 9.51. The highest BCUT2D eigenvalue weighted by molar-refractivity contribution is 5.93. The fourth-order valence-electron chi connectivity index (χ4n) is 4.76. The Labute approximate surface area is 212 Å². The number of amides is 2. The Morgan fingerprint density at radius 3 is 2.36 bits per heavy atom. The number of pyridine rings is 1. The lowest BCUT2D eigenvalue weighted by atomic mass is 9.91. The maximum atomic E-state index is 12.7. The monoisotopic (exact) mass is 489 g/mol. The van der Waals surface area contributed by atoms with Gasteiger partial charge in [0.05, 0.1) is 12.6 Å². The zero-order valence-electron chi connectivity index (χ0n) is 21.2. The normalized spacial score (nSPS) is 18.2. The van der Waals surface area contributed by atoms with Crippen LogP contribution in [0, 0.1) is 0 Å². The van der Waals surface area contributed by atoms with Crippen molar-refractivity contribution >= 4 is 34.4 Å². The predicted molar refractivity (Wildman–Crippen MR) is 143 cm³/mol. The van der Waals surface area contributed by atoms with Gasteiger partial charge in [-0.1, -0.05) is 48.5 Å². The van der Waals surface area contributed by atoms with E-state index < -0.39 is 12.0 Å². The van der Waals surface area contributed by atoms with Crippen molar-refractivity contribution in [3.63, 3.8) is 0 Å². The van der Waals surface area contributed by atoms with Crippen LogP contribution in [0.5, 0.6) is 0 Å². The van der Waals surface area contributed by atoms with E-state index >= 15 is 0 Å². The Hall–Kier alpha value is -3.81. The molecule has 8 nitrogen and oxygen atoms in total. The highest BCUT2D eigenvalue weighted by Crippen LogP contribution is 2.29. The number of fused-ring (bicyclic) bond motifs is 1. The third-order valence-electron chi connectivity index (χ3n) is 6.66. The molecule has 1 aliphatic carbocycles. The number of nitrogens with zero attached hydrogens (tertiary/aromatic N) is 2. The van der Waals surface area contributed by atoms with Crippen molar-refractivity contribution in [1.82, 2.24) is 15.6 Å². The molecule has 0 saturated heterocycles. The minimum absolute atomic E-state index is 0.0555. The van der Waals surface area contributed by atoms with Crippen LogP contribution in [0.25, 0.3) is 10.9 Å². The maximum absolute atomic E-state index is 12.7. The van der Waals surface area contributed by atoms with Crippen molar-refractivity contribution in [2.45, 2.75) is 50.2 Å². The molecular weight excluding hydrogens is 454 g/mol. The first-order chi connectivity index (χ1) is 17.4. The number of benzene rings is 2. The first-order valence-corrected chi connectivity index (χ1v) is 12.5. The molecule has 36 heavy (non-hydrogen) atoms. The molecule has 8 heteroatoms. The second-order valence-electron chi connectivity index (χ2n) is 9.51. The van der Waals surface area contributed by atoms with Gasteiger partial charge in [-0.25, -0.2) is 14.6 Å². The van der Waals surface area contributed by atoms with Crippen LogP contribution in [-0.2, 0) is 16.0 Å². The number of rotatable bonds is 8. The molecule has 2 amide bonds. The van der Waals surface area contributed by atoms with Crippen LogP contribution in [0.1, 0.15) is 31.2 Å². The summed E-state index contributed by atoms with van der Waals surface area (Å²) >= 11 is 0. The molecule has 0 radical (unpaired) electrons. The molecule has 1 saturated carbocycles. The standard InChI is InChI=1S/C28H35N5O3/c1-33(2)25-18-26(31-23-12-8-7-11-22(23)25)29-20-13-15-21(16-14-20)30-28(35)32-24(27(34)36-3)17-19-9-5-4-6-10-19/h4-12,18,20-21,24H,13-17H2,1-3H3,(H,29,31)(H2,30,32,35)/t20-,21+,24?. The Kier molecular flexibility index (Phi) is 8.25. The topological polar surface area (TPSA) is 95.6 Å². The van der Waals surface area contributed by atoms with Crippen LogP contribution >= 0.6 is 0 Å². The number of carbonyl (C=O) groups is 2. The third kappa shape index (κ3) is 6.44. The van der Waals surface area contributed by atoms with Gasteiger partial charge in [-0.2, -0.15) is 0 Å². The number of hydrogen-bond acceptors (Lipinski definition) is 6. The van der Waals surface area contributed by atoms with Crippen LogP contribution < -0.4 is 20.9 Å². The minimum Gasteiger partial charge on any atom is -0.467 e. The smallest absolute Gasteiger partial charge is 0.328 e. The fraction of sp³-hybridized carbons (Fsp3) is 0.393. The molecule has 3 aromatic rings. The van der Waals surface area contributed by atoms with Crippen molar-refractivity contribution in [3.05, 3.63) is 66.2 Å². The summed E-state index contributed by atoms with van der Waals surface area (Å²) in [6.45, 7) is 0. The van der Waals surface area contributed by atoms with E-state index in [0.717, 1.165) is 53.7 Å². The number of hydrogen-bond donors (Lipinski definition) is 3. The van der Waals surface area contributed by atoms with Gasteiger partial charge >= 0.3 is 12.0 Å². The summed E-state index contributed by atoms with van der Waals surface area (Å²) in [5.41, 5.74) is 3.05. The quantitative estimate of drug-likeness (QED) is 0.412. The molecule has 0 aliphatic heterocycles. The summed E-state index contributed by atoms with van der Waals surface area (Å²) in [6, 6.07) is 19.1. The fourth-order valence-corrected chi connectivity index (χ4v) is 4.76. The number of methoxy groups -OCH3 is 1. The molecule has 3 N–H and O–H groups in total. The van der Waals surface area contributed by atoms with Crippen molar-refractivity contribution < 1.29 is 14.3 Å². The summed E-state index contributed by atoms with van der Waals surface area (Å²) in [6.07, 6.45) is 3.91. The largest absolute Gasteiger partial charge is 0.467 e. The Morgan fingerprint density at radius 1 is 1.00 bits per heavy atom. The van der Waals surface area contributed by atoms with E-state index in [-0.39, 0.29) is 18.1 Å². The van der Waals surface area contributed by atoms with Crippen molar-refractivity contribution in [2.75, 3.05) is 31.4 Å². The minimum atomic E-state index is -0.736. The number of carbonyl (C=O) groups excluding carboxylic acids is 2. The van der Waals surface area contributed by atoms with Gasteiger partial charge in [-0.3, -0.25) is 0 Å². The van der Waals surface area contributed by atoms with Crippen molar-refractivity contribution in [2.24, 2.45) is 0 Å². The van der Waals surface area contributed by atoms with E-state index in [1.807, 2.05) is 62.6 Å². The summed E-state index contributed by atoms with van der Waals surface area (Å²) in [5, 5.41) is 10.6. The van der Waals surface area contributed by atoms with E-state index in [2.05, 4.69) is 33.0 Å². The van der Waals surface area contributed by atoms with E-state index in [1.54, 1.807) is 0 Å². The van der Waals surface area contributed by atoms with Gasteiger partial charge in [0, 0.05) is 49.7 Å². The van der Waals surface area contributed by atoms with Gasteiger partial charge in [0.25, 0.3) is 0 Å². The Balaban J connectivity index is 1.30. The molecule has 190 valence electrons. The number of ether oxygens (including phenoxy) is 1. The van der Waals surface area contributed by atoms with Crippen molar-refractivity contribution in [3.8, 4) is 0 Å². The predicted octanol–water partition coefficient (Wildman–Crippen LogP) is 4.11. The van der Waals surface area contributed by atoms with Crippen LogP contribution in [0.4, 0.5) is 16.3 Å². The summed E-state index contributed by atoms with van der Waals surface area (Å²) in [4.78, 5) is 31.8. The average molecular weight is 490 g/mol. The van der Waals surface area contributed by atoms with Gasteiger partial charge in [-0.15, -0.1) is 0 Å². The van der Waals surface area contributed by atoms with Gasteiger partial charge in [0.2, 0.25) is 0 Å². The molecule has 2 aromatic carbocycles. The summed E-state index contributed by atoms with van der Waals surface area (Å²) < 4.78 is 4.90. The Morgan fingerprint density at radius 2 is 1.67 bits per heavy atom. The van der Waals surface area contributed by atoms with Crippen LogP contribution in [-0.4, -0.2) is 56.3 Å². The molecular formula is C28H35N5O3. The highest BCUT2D eigenvalue weighted by atomic mass is 16.5. The average Bonchev–Trinajstić information content (AvgIpc) is 2.89. The van der Waals surface area contributed by atoms with Crippen molar-refractivity contribution in [1.29, 1.82) is 0 Å². The highest BCUT2D eigenvalue weighted by Gasteiger charge is 2.26. The molecule has 0 bridgehead atoms. The molecule has 1 unspecified atom stereocenters. The van der Waals surface area contributed by atoms with E-state index in [4.69, 9.17) is 9.72 Å². The van der Waals surface area contributed by atoms with E-state index in [0.29, 0.717) is 6.42 Å². The Bertz CT molecular complexity index is 1180. The van der Waals surface area contributed by atoms with E-state index in [1.165, 1.54) is 7.11 Å². The number of anilines is 2. The first-order valence-electron chi connectivity index (χ1n) is 12.5. The number of para-hydroxylation sites is 1. The number of aromatic nitrogens is 1. The molecule has 1 fully saturated rings. The summed E-state index contributed by atoms with van der Waals surface area (Å²) in [5.74, 6) is 0.412.